The van der Waals surface area contributed by atoms with Gasteiger partial charge >= 0.3 is 0 Å². The molecule has 0 radical (unpaired) electrons. The summed E-state index contributed by atoms with van der Waals surface area (Å²) in [7, 11) is 0. The van der Waals surface area contributed by atoms with Gasteiger partial charge < -0.3 is 0 Å². The fraction of sp³-hybridized carbons (Fsp3) is 0.143. The van der Waals surface area contributed by atoms with Crippen molar-refractivity contribution in [1.82, 2.24) is 0 Å². The third-order valence-electron chi connectivity index (χ3n) is 2.79. The second-order valence-corrected chi connectivity index (χ2v) is 3.81. The number of nitrogens with zero attached hydrogens (tertiary/aromatic N) is 1. The lowest BCUT2D eigenvalue weighted by atomic mass is 9.98. The molecular weight excluding hydrogens is 214 g/mol. The Balaban J connectivity index is 2.43. The first-order valence-corrected chi connectivity index (χ1v) is 5.55. The molecule has 0 unspecified atom stereocenters. The molecule has 0 aliphatic rings. The average Bonchev–Trinajstić information content (AvgIpc) is 2.39. The number of aryl methyl sites for hydroxylation is 1. The maximum Gasteiger partial charge on any atom is 0.269 e. The van der Waals surface area contributed by atoms with Gasteiger partial charge in [-0.25, -0.2) is 0 Å². The summed E-state index contributed by atoms with van der Waals surface area (Å²) in [5.74, 6) is 0. The molecule has 0 fully saturated rings. The third kappa shape index (κ3) is 2.33. The Labute approximate surface area is 99.9 Å². The molecule has 0 heterocycles. The molecule has 0 atom stereocenters. The molecule has 3 nitrogen and oxygen atoms in total. The lowest BCUT2D eigenvalue weighted by Gasteiger charge is -2.07. The Morgan fingerprint density at radius 2 is 1.71 bits per heavy atom. The number of nitro groups is 1. The molecule has 0 N–H and O–H groups in total. The Kier molecular flexibility index (Phi) is 3.19. The molecule has 3 heteroatoms. The first kappa shape index (κ1) is 11.3. The van der Waals surface area contributed by atoms with Gasteiger partial charge in [0.05, 0.1) is 4.92 Å². The van der Waals surface area contributed by atoms with Crippen molar-refractivity contribution >= 4 is 5.69 Å². The van der Waals surface area contributed by atoms with Crippen LogP contribution in [0.3, 0.4) is 0 Å². The van der Waals surface area contributed by atoms with Crippen LogP contribution in [0.4, 0.5) is 5.69 Å². The van der Waals surface area contributed by atoms with Crippen molar-refractivity contribution in [3.63, 3.8) is 0 Å². The first-order valence-electron chi connectivity index (χ1n) is 5.55. The summed E-state index contributed by atoms with van der Waals surface area (Å²) in [6.45, 7) is 2.10. The standard InChI is InChI=1S/C14H13NO2/c1-2-11-5-3-4-6-14(11)12-7-9-13(10-8-12)15(16)17/h3-10H,2H2,1H3. The zero-order chi connectivity index (χ0) is 12.3. The molecule has 2 aromatic carbocycles. The highest BCUT2D eigenvalue weighted by Gasteiger charge is 2.06. The summed E-state index contributed by atoms with van der Waals surface area (Å²) < 4.78 is 0. The van der Waals surface area contributed by atoms with Crippen LogP contribution in [0.15, 0.2) is 48.5 Å². The zero-order valence-electron chi connectivity index (χ0n) is 9.59. The van der Waals surface area contributed by atoms with Crippen LogP contribution < -0.4 is 0 Å². The SMILES string of the molecule is CCc1ccccc1-c1ccc([N+](=O)[O-])cc1. The average molecular weight is 227 g/mol. The van der Waals surface area contributed by atoms with Crippen LogP contribution in [-0.4, -0.2) is 4.92 Å². The monoisotopic (exact) mass is 227 g/mol. The van der Waals surface area contributed by atoms with E-state index in [1.54, 1.807) is 24.3 Å². The Morgan fingerprint density at radius 1 is 1.06 bits per heavy atom. The van der Waals surface area contributed by atoms with Crippen molar-refractivity contribution in [3.05, 3.63) is 64.2 Å². The quantitative estimate of drug-likeness (QED) is 0.590. The van der Waals surface area contributed by atoms with E-state index in [1.165, 1.54) is 5.56 Å². The van der Waals surface area contributed by atoms with Gasteiger partial charge in [-0.2, -0.15) is 0 Å². The van der Waals surface area contributed by atoms with Gasteiger partial charge in [0, 0.05) is 12.1 Å². The predicted molar refractivity (Wildman–Crippen MR) is 67.9 cm³/mol. The van der Waals surface area contributed by atoms with Crippen LogP contribution in [-0.2, 0) is 6.42 Å². The van der Waals surface area contributed by atoms with Gasteiger partial charge in [0.25, 0.3) is 5.69 Å². The van der Waals surface area contributed by atoms with Gasteiger partial charge in [-0.15, -0.1) is 0 Å². The molecule has 0 saturated heterocycles. The Bertz CT molecular complexity index is 532. The highest BCUT2D eigenvalue weighted by molar-refractivity contribution is 5.68. The van der Waals surface area contributed by atoms with E-state index in [0.717, 1.165) is 17.5 Å². The molecule has 0 aliphatic carbocycles. The molecule has 17 heavy (non-hydrogen) atoms. The second kappa shape index (κ2) is 4.78. The van der Waals surface area contributed by atoms with Gasteiger partial charge in [0.15, 0.2) is 0 Å². The topological polar surface area (TPSA) is 43.1 Å². The molecule has 0 aromatic heterocycles. The number of non-ortho nitro benzene ring substituents is 1. The van der Waals surface area contributed by atoms with Crippen LogP contribution in [0.5, 0.6) is 0 Å². The van der Waals surface area contributed by atoms with E-state index < -0.39 is 0 Å². The lowest BCUT2D eigenvalue weighted by molar-refractivity contribution is -0.384. The molecule has 0 saturated carbocycles. The van der Waals surface area contributed by atoms with Gasteiger partial charge in [-0.1, -0.05) is 31.2 Å². The van der Waals surface area contributed by atoms with Crippen molar-refractivity contribution in [2.75, 3.05) is 0 Å². The molecule has 0 bridgehead atoms. The van der Waals surface area contributed by atoms with Crippen LogP contribution in [0, 0.1) is 10.1 Å². The fourth-order valence-electron chi connectivity index (χ4n) is 1.87. The Morgan fingerprint density at radius 3 is 2.29 bits per heavy atom. The van der Waals surface area contributed by atoms with Crippen LogP contribution >= 0.6 is 0 Å². The van der Waals surface area contributed by atoms with Gasteiger partial charge in [0.1, 0.15) is 0 Å². The molecule has 0 spiro atoms. The molecule has 2 rings (SSSR count). The zero-order valence-corrected chi connectivity index (χ0v) is 9.59. The van der Waals surface area contributed by atoms with E-state index in [4.69, 9.17) is 0 Å². The van der Waals surface area contributed by atoms with E-state index in [9.17, 15) is 10.1 Å². The van der Waals surface area contributed by atoms with Crippen LogP contribution in [0.25, 0.3) is 11.1 Å². The number of hydrogen-bond acceptors (Lipinski definition) is 2. The summed E-state index contributed by atoms with van der Waals surface area (Å²) in [6.07, 6.45) is 0.952. The summed E-state index contributed by atoms with van der Waals surface area (Å²) in [4.78, 5) is 10.2. The molecular formula is C14H13NO2. The van der Waals surface area contributed by atoms with E-state index in [-0.39, 0.29) is 10.6 Å². The fourth-order valence-corrected chi connectivity index (χ4v) is 1.87. The van der Waals surface area contributed by atoms with Crippen molar-refractivity contribution in [2.45, 2.75) is 13.3 Å². The number of nitro benzene ring substituents is 1. The summed E-state index contributed by atoms with van der Waals surface area (Å²) >= 11 is 0. The van der Waals surface area contributed by atoms with Gasteiger partial charge in [0.2, 0.25) is 0 Å². The van der Waals surface area contributed by atoms with Crippen molar-refractivity contribution in [3.8, 4) is 11.1 Å². The van der Waals surface area contributed by atoms with Crippen LogP contribution in [0.2, 0.25) is 0 Å². The molecule has 0 aliphatic heterocycles. The highest BCUT2D eigenvalue weighted by Crippen LogP contribution is 2.25. The van der Waals surface area contributed by atoms with E-state index >= 15 is 0 Å². The normalized spacial score (nSPS) is 10.2. The number of benzene rings is 2. The number of hydrogen-bond donors (Lipinski definition) is 0. The minimum atomic E-state index is -0.379. The maximum absolute atomic E-state index is 10.6. The molecule has 0 amide bonds. The largest absolute Gasteiger partial charge is 0.269 e. The lowest BCUT2D eigenvalue weighted by Crippen LogP contribution is -1.89. The van der Waals surface area contributed by atoms with Crippen LogP contribution in [0.1, 0.15) is 12.5 Å². The highest BCUT2D eigenvalue weighted by atomic mass is 16.6. The molecule has 86 valence electrons. The predicted octanol–water partition coefficient (Wildman–Crippen LogP) is 3.82. The summed E-state index contributed by atoms with van der Waals surface area (Å²) in [5, 5.41) is 10.6. The van der Waals surface area contributed by atoms with Gasteiger partial charge in [-0.05, 0) is 35.2 Å². The summed E-state index contributed by atoms with van der Waals surface area (Å²) in [5.41, 5.74) is 3.54. The van der Waals surface area contributed by atoms with E-state index in [0.29, 0.717) is 0 Å². The maximum atomic E-state index is 10.6. The van der Waals surface area contributed by atoms with Crippen molar-refractivity contribution < 1.29 is 4.92 Å². The van der Waals surface area contributed by atoms with E-state index in [2.05, 4.69) is 13.0 Å². The Hall–Kier alpha value is -2.16. The van der Waals surface area contributed by atoms with E-state index in [1.807, 2.05) is 18.2 Å². The smallest absolute Gasteiger partial charge is 0.258 e. The minimum Gasteiger partial charge on any atom is -0.258 e. The van der Waals surface area contributed by atoms with Crippen molar-refractivity contribution in [2.24, 2.45) is 0 Å². The minimum absolute atomic E-state index is 0.128. The molecule has 2 aromatic rings. The van der Waals surface area contributed by atoms with Gasteiger partial charge in [-0.3, -0.25) is 10.1 Å². The third-order valence-corrected chi connectivity index (χ3v) is 2.79. The summed E-state index contributed by atoms with van der Waals surface area (Å²) in [6, 6.07) is 14.8. The number of rotatable bonds is 3. The first-order chi connectivity index (χ1) is 8.22. The second-order valence-electron chi connectivity index (χ2n) is 3.81. The van der Waals surface area contributed by atoms with Crippen molar-refractivity contribution in [1.29, 1.82) is 0 Å².